The molecule has 0 aliphatic rings. The Morgan fingerprint density at radius 3 is 2.50 bits per heavy atom. The summed E-state index contributed by atoms with van der Waals surface area (Å²) in [6, 6.07) is 0. The molecule has 0 amide bonds. The highest BCUT2D eigenvalue weighted by atomic mass is 127. The molecule has 0 rings (SSSR count). The molecule has 2 atom stereocenters. The first-order valence-electron chi connectivity index (χ1n) is 6.28. The van der Waals surface area contributed by atoms with Crippen LogP contribution in [0.1, 0.15) is 65.7 Å². The molecule has 3 heteroatoms. The Balaban J connectivity index is 3.60. The fourth-order valence-electron chi connectivity index (χ4n) is 2.00. The van der Waals surface area contributed by atoms with E-state index in [1.54, 1.807) is 0 Å². The summed E-state index contributed by atoms with van der Waals surface area (Å²) >= 11 is 1.86. The van der Waals surface area contributed by atoms with Crippen LogP contribution in [0.25, 0.3) is 0 Å². The molecule has 0 saturated heterocycles. The maximum Gasteiger partial charge on any atom is 0.192 e. The Morgan fingerprint density at radius 1 is 1.38 bits per heavy atom. The van der Waals surface area contributed by atoms with E-state index in [1.165, 1.54) is 0 Å². The molecule has 2 unspecified atom stereocenters. The van der Waals surface area contributed by atoms with Gasteiger partial charge in [0.1, 0.15) is 0 Å². The van der Waals surface area contributed by atoms with Gasteiger partial charge in [0.25, 0.3) is 0 Å². The summed E-state index contributed by atoms with van der Waals surface area (Å²) in [5.74, 6) is 0.594. The molecule has 16 heavy (non-hydrogen) atoms. The van der Waals surface area contributed by atoms with Crippen LogP contribution in [0.3, 0.4) is 0 Å². The maximum atomic E-state index is 10.8. The van der Waals surface area contributed by atoms with Gasteiger partial charge in [-0.1, -0.05) is 33.1 Å². The highest BCUT2D eigenvalue weighted by Gasteiger charge is 2.18. The van der Waals surface area contributed by atoms with Crippen molar-refractivity contribution < 1.29 is 9.90 Å². The van der Waals surface area contributed by atoms with Crippen molar-refractivity contribution in [1.82, 2.24) is 0 Å². The van der Waals surface area contributed by atoms with Crippen molar-refractivity contribution in [2.75, 3.05) is 0 Å². The first-order valence-corrected chi connectivity index (χ1v) is 7.36. The molecule has 0 saturated carbocycles. The van der Waals surface area contributed by atoms with E-state index in [0.29, 0.717) is 12.3 Å². The summed E-state index contributed by atoms with van der Waals surface area (Å²) in [5.41, 5.74) is -0.493. The van der Waals surface area contributed by atoms with Gasteiger partial charge in [-0.05, 0) is 54.7 Å². The van der Waals surface area contributed by atoms with Crippen molar-refractivity contribution in [3.05, 3.63) is 0 Å². The fourth-order valence-corrected chi connectivity index (χ4v) is 2.31. The molecule has 0 heterocycles. The predicted molar refractivity (Wildman–Crippen MR) is 76.8 cm³/mol. The Kier molecular flexibility index (Phi) is 8.64. The summed E-state index contributed by atoms with van der Waals surface area (Å²) in [6.07, 6.45) is 6.64. The lowest BCUT2D eigenvalue weighted by atomic mass is 9.91. The molecule has 0 aromatic rings. The number of halogens is 1. The van der Waals surface area contributed by atoms with E-state index >= 15 is 0 Å². The van der Waals surface area contributed by atoms with Gasteiger partial charge in [-0.2, -0.15) is 0 Å². The predicted octanol–water partition coefficient (Wildman–Crippen LogP) is 4.09. The van der Waals surface area contributed by atoms with Gasteiger partial charge in [0, 0.05) is 6.42 Å². The number of aliphatic hydroxyl groups is 1. The third-order valence-electron chi connectivity index (χ3n) is 3.03. The first-order chi connectivity index (χ1) is 7.37. The Labute approximate surface area is 113 Å². The highest BCUT2D eigenvalue weighted by molar-refractivity contribution is 14.1. The second kappa shape index (κ2) is 8.45. The summed E-state index contributed by atoms with van der Waals surface area (Å²) in [4.78, 5) is 10.8. The number of hydrogen-bond acceptors (Lipinski definition) is 2. The van der Waals surface area contributed by atoms with E-state index < -0.39 is 5.60 Å². The highest BCUT2D eigenvalue weighted by Crippen LogP contribution is 2.22. The molecule has 0 spiro atoms. The standard InChI is InChI=1S/C13H25IO2/c1-4-9-13(3,16)10-5-6-11(2)7-8-12(14)15/h11,16H,4-10H2,1-3H3. The monoisotopic (exact) mass is 340 g/mol. The molecule has 0 bridgehead atoms. The van der Waals surface area contributed by atoms with Gasteiger partial charge in [0.05, 0.1) is 5.60 Å². The zero-order chi connectivity index (χ0) is 12.6. The smallest absolute Gasteiger partial charge is 0.192 e. The van der Waals surface area contributed by atoms with Crippen molar-refractivity contribution in [3.8, 4) is 0 Å². The average molecular weight is 340 g/mol. The Morgan fingerprint density at radius 2 is 2.00 bits per heavy atom. The molecule has 0 radical (unpaired) electrons. The first kappa shape index (κ1) is 16.4. The number of hydrogen-bond donors (Lipinski definition) is 1. The van der Waals surface area contributed by atoms with Gasteiger partial charge in [0.15, 0.2) is 3.79 Å². The lowest BCUT2D eigenvalue weighted by Gasteiger charge is -2.23. The second-order valence-electron chi connectivity index (χ2n) is 5.14. The molecule has 2 nitrogen and oxygen atoms in total. The van der Waals surface area contributed by atoms with Crippen molar-refractivity contribution in [3.63, 3.8) is 0 Å². The van der Waals surface area contributed by atoms with Gasteiger partial charge < -0.3 is 5.11 Å². The van der Waals surface area contributed by atoms with Crippen LogP contribution in [0, 0.1) is 5.92 Å². The largest absolute Gasteiger partial charge is 0.390 e. The summed E-state index contributed by atoms with van der Waals surface area (Å²) in [5, 5.41) is 9.99. The van der Waals surface area contributed by atoms with Crippen molar-refractivity contribution in [2.45, 2.75) is 71.3 Å². The van der Waals surface area contributed by atoms with E-state index in [2.05, 4.69) is 13.8 Å². The van der Waals surface area contributed by atoms with E-state index in [9.17, 15) is 9.90 Å². The van der Waals surface area contributed by atoms with Crippen LogP contribution in [0.4, 0.5) is 0 Å². The minimum atomic E-state index is -0.493. The minimum absolute atomic E-state index is 0.252. The lowest BCUT2D eigenvalue weighted by molar-refractivity contribution is -0.109. The zero-order valence-corrected chi connectivity index (χ0v) is 12.9. The maximum absolute atomic E-state index is 10.8. The van der Waals surface area contributed by atoms with Gasteiger partial charge in [-0.15, -0.1) is 0 Å². The van der Waals surface area contributed by atoms with E-state index in [0.717, 1.165) is 38.5 Å². The topological polar surface area (TPSA) is 37.3 Å². The van der Waals surface area contributed by atoms with Gasteiger partial charge in [-0.3, -0.25) is 4.79 Å². The Hall–Kier alpha value is 0.360. The summed E-state index contributed by atoms with van der Waals surface area (Å²) in [7, 11) is 0. The van der Waals surface area contributed by atoms with Gasteiger partial charge in [-0.25, -0.2) is 0 Å². The number of carbonyl (C=O) groups excluding carboxylic acids is 1. The SMILES string of the molecule is CCCC(C)(O)CCCC(C)CCC(=O)I. The molecular formula is C13H25IO2. The molecule has 0 aliphatic heterocycles. The third-order valence-corrected chi connectivity index (χ3v) is 3.57. The van der Waals surface area contributed by atoms with Crippen LogP contribution in [0.5, 0.6) is 0 Å². The number of rotatable bonds is 9. The molecule has 0 aromatic heterocycles. The molecule has 96 valence electrons. The summed E-state index contributed by atoms with van der Waals surface area (Å²) in [6.45, 7) is 6.22. The molecular weight excluding hydrogens is 315 g/mol. The number of carbonyl (C=O) groups is 1. The normalized spacial score (nSPS) is 16.8. The Bertz CT molecular complexity index is 202. The second-order valence-corrected chi connectivity index (χ2v) is 6.34. The molecule has 0 aliphatic carbocycles. The van der Waals surface area contributed by atoms with Crippen LogP contribution < -0.4 is 0 Å². The fraction of sp³-hybridized carbons (Fsp3) is 0.923. The lowest BCUT2D eigenvalue weighted by Crippen LogP contribution is -2.23. The van der Waals surface area contributed by atoms with Crippen LogP contribution in [-0.2, 0) is 4.79 Å². The van der Waals surface area contributed by atoms with Crippen LogP contribution in [0.2, 0.25) is 0 Å². The van der Waals surface area contributed by atoms with E-state index in [1.807, 2.05) is 29.5 Å². The van der Waals surface area contributed by atoms with Crippen LogP contribution in [-0.4, -0.2) is 14.5 Å². The third kappa shape index (κ3) is 9.58. The minimum Gasteiger partial charge on any atom is -0.390 e. The molecule has 0 fully saturated rings. The van der Waals surface area contributed by atoms with E-state index in [-0.39, 0.29) is 3.79 Å². The quantitative estimate of drug-likeness (QED) is 0.507. The summed E-state index contributed by atoms with van der Waals surface area (Å²) < 4.78 is 0.252. The van der Waals surface area contributed by atoms with E-state index in [4.69, 9.17) is 0 Å². The van der Waals surface area contributed by atoms with Crippen LogP contribution in [0.15, 0.2) is 0 Å². The van der Waals surface area contributed by atoms with Gasteiger partial charge >= 0.3 is 0 Å². The zero-order valence-electron chi connectivity index (χ0n) is 10.8. The van der Waals surface area contributed by atoms with Crippen molar-refractivity contribution in [2.24, 2.45) is 5.92 Å². The van der Waals surface area contributed by atoms with Crippen LogP contribution >= 0.6 is 22.6 Å². The van der Waals surface area contributed by atoms with Crippen molar-refractivity contribution >= 4 is 26.4 Å². The molecule has 0 aromatic carbocycles. The molecule has 1 N–H and O–H groups in total. The average Bonchev–Trinajstić information content (AvgIpc) is 2.14. The van der Waals surface area contributed by atoms with Crippen molar-refractivity contribution in [1.29, 1.82) is 0 Å². The van der Waals surface area contributed by atoms with Gasteiger partial charge in [0.2, 0.25) is 0 Å².